The average Bonchev–Trinajstić information content (AvgIpc) is 2.60. The first-order valence-corrected chi connectivity index (χ1v) is 8.47. The lowest BCUT2D eigenvalue weighted by Gasteiger charge is -2.28. The van der Waals surface area contributed by atoms with Crippen molar-refractivity contribution in [3.8, 4) is 0 Å². The van der Waals surface area contributed by atoms with E-state index in [2.05, 4.69) is 11.9 Å². The van der Waals surface area contributed by atoms with Gasteiger partial charge in [-0.3, -0.25) is 0 Å². The van der Waals surface area contributed by atoms with E-state index in [4.69, 9.17) is 4.74 Å². The van der Waals surface area contributed by atoms with Gasteiger partial charge in [-0.15, -0.1) is 6.58 Å². The standard InChI is InChI=1S/C19H27NO3/c1-2-18(21)17(13-15-9-5-3-6-10-15)20-19(22)23-14-16-11-7-4-8-12-16/h2,4,7-8,11-12,15,17-18,21H,1,3,5-6,9-10,13-14H2,(H,20,22)/t17-,18?/m0/s1. The number of ether oxygens (including phenoxy) is 1. The molecule has 1 fully saturated rings. The summed E-state index contributed by atoms with van der Waals surface area (Å²) in [4.78, 5) is 12.0. The lowest BCUT2D eigenvalue weighted by molar-refractivity contribution is 0.109. The molecule has 23 heavy (non-hydrogen) atoms. The fraction of sp³-hybridized carbons (Fsp3) is 0.526. The number of carbonyl (C=O) groups excluding carboxylic acids is 1. The smallest absolute Gasteiger partial charge is 0.407 e. The number of rotatable bonds is 7. The number of aliphatic hydroxyl groups is 1. The molecule has 0 saturated heterocycles. The van der Waals surface area contributed by atoms with E-state index in [1.54, 1.807) is 0 Å². The number of nitrogens with one attached hydrogen (secondary N) is 1. The molecule has 0 heterocycles. The lowest BCUT2D eigenvalue weighted by atomic mass is 9.84. The van der Waals surface area contributed by atoms with Crippen LogP contribution in [0.4, 0.5) is 4.79 Å². The fourth-order valence-electron chi connectivity index (χ4n) is 3.15. The average molecular weight is 317 g/mol. The Morgan fingerprint density at radius 3 is 2.65 bits per heavy atom. The van der Waals surface area contributed by atoms with Gasteiger partial charge in [0, 0.05) is 0 Å². The third-order valence-electron chi connectivity index (χ3n) is 4.48. The highest BCUT2D eigenvalue weighted by molar-refractivity contribution is 5.67. The van der Waals surface area contributed by atoms with Crippen molar-refractivity contribution in [2.24, 2.45) is 5.92 Å². The summed E-state index contributed by atoms with van der Waals surface area (Å²) in [6, 6.07) is 9.22. The van der Waals surface area contributed by atoms with E-state index >= 15 is 0 Å². The van der Waals surface area contributed by atoms with Crippen LogP contribution in [0.3, 0.4) is 0 Å². The van der Waals surface area contributed by atoms with Gasteiger partial charge in [-0.2, -0.15) is 0 Å². The van der Waals surface area contributed by atoms with E-state index in [9.17, 15) is 9.90 Å². The molecule has 1 aromatic carbocycles. The van der Waals surface area contributed by atoms with Crippen LogP contribution in [0.5, 0.6) is 0 Å². The Hall–Kier alpha value is -1.81. The Balaban J connectivity index is 1.83. The van der Waals surface area contributed by atoms with E-state index in [0.717, 1.165) is 12.0 Å². The molecule has 0 aliphatic heterocycles. The number of carbonyl (C=O) groups is 1. The van der Waals surface area contributed by atoms with E-state index in [1.807, 2.05) is 30.3 Å². The lowest BCUT2D eigenvalue weighted by Crippen LogP contribution is -2.44. The second-order valence-corrected chi connectivity index (χ2v) is 6.28. The quantitative estimate of drug-likeness (QED) is 0.752. The van der Waals surface area contributed by atoms with E-state index in [0.29, 0.717) is 5.92 Å². The molecule has 1 aliphatic carbocycles. The Labute approximate surface area is 138 Å². The van der Waals surface area contributed by atoms with Crippen LogP contribution < -0.4 is 5.32 Å². The second-order valence-electron chi connectivity index (χ2n) is 6.28. The predicted octanol–water partition coefficient (Wildman–Crippen LogP) is 3.80. The van der Waals surface area contributed by atoms with Crippen LogP contribution in [0.15, 0.2) is 43.0 Å². The highest BCUT2D eigenvalue weighted by Gasteiger charge is 2.25. The first-order valence-electron chi connectivity index (χ1n) is 8.47. The van der Waals surface area contributed by atoms with Crippen LogP contribution >= 0.6 is 0 Å². The molecule has 2 rings (SSSR count). The number of hydrogen-bond donors (Lipinski definition) is 2. The first kappa shape index (κ1) is 17.5. The zero-order valence-electron chi connectivity index (χ0n) is 13.6. The van der Waals surface area contributed by atoms with Crippen LogP contribution in [0, 0.1) is 5.92 Å². The summed E-state index contributed by atoms with van der Waals surface area (Å²) >= 11 is 0. The highest BCUT2D eigenvalue weighted by atomic mass is 16.5. The van der Waals surface area contributed by atoms with Crippen molar-refractivity contribution in [1.82, 2.24) is 5.32 Å². The van der Waals surface area contributed by atoms with Crippen molar-refractivity contribution < 1.29 is 14.6 Å². The summed E-state index contributed by atoms with van der Waals surface area (Å²) in [7, 11) is 0. The molecule has 1 amide bonds. The number of aliphatic hydroxyl groups excluding tert-OH is 1. The predicted molar refractivity (Wildman–Crippen MR) is 90.9 cm³/mol. The van der Waals surface area contributed by atoms with E-state index in [1.165, 1.54) is 38.2 Å². The summed E-state index contributed by atoms with van der Waals surface area (Å²) in [5, 5.41) is 12.9. The molecule has 2 N–H and O–H groups in total. The van der Waals surface area contributed by atoms with Gasteiger partial charge in [-0.1, -0.05) is 68.5 Å². The zero-order chi connectivity index (χ0) is 16.5. The molecule has 1 aromatic rings. The molecule has 1 saturated carbocycles. The summed E-state index contributed by atoms with van der Waals surface area (Å²) in [6.45, 7) is 3.86. The van der Waals surface area contributed by atoms with Crippen LogP contribution in [0.25, 0.3) is 0 Å². The van der Waals surface area contributed by atoms with Crippen molar-refractivity contribution >= 4 is 6.09 Å². The van der Waals surface area contributed by atoms with Gasteiger partial charge in [0.05, 0.1) is 12.1 Å². The minimum atomic E-state index is -0.749. The molecule has 126 valence electrons. The third kappa shape index (κ3) is 6.06. The Morgan fingerprint density at radius 2 is 2.00 bits per heavy atom. The molecule has 2 atom stereocenters. The minimum absolute atomic E-state index is 0.229. The highest BCUT2D eigenvalue weighted by Crippen LogP contribution is 2.28. The minimum Gasteiger partial charge on any atom is -0.445 e. The van der Waals surface area contributed by atoms with Crippen molar-refractivity contribution in [3.05, 3.63) is 48.6 Å². The Morgan fingerprint density at radius 1 is 1.30 bits per heavy atom. The monoisotopic (exact) mass is 317 g/mol. The Bertz CT molecular complexity index is 483. The molecule has 0 spiro atoms. The maximum atomic E-state index is 12.0. The number of alkyl carbamates (subject to hydrolysis) is 1. The number of benzene rings is 1. The van der Waals surface area contributed by atoms with Gasteiger partial charge in [0.2, 0.25) is 0 Å². The van der Waals surface area contributed by atoms with Gasteiger partial charge in [0.1, 0.15) is 6.61 Å². The largest absolute Gasteiger partial charge is 0.445 e. The third-order valence-corrected chi connectivity index (χ3v) is 4.48. The summed E-state index contributed by atoms with van der Waals surface area (Å²) in [5.74, 6) is 0.553. The van der Waals surface area contributed by atoms with Crippen LogP contribution in [0.1, 0.15) is 44.1 Å². The summed E-state index contributed by atoms with van der Waals surface area (Å²) in [6.07, 6.45) is 7.11. The van der Waals surface area contributed by atoms with Crippen molar-refractivity contribution in [2.75, 3.05) is 0 Å². The zero-order valence-corrected chi connectivity index (χ0v) is 13.6. The van der Waals surface area contributed by atoms with Gasteiger partial charge in [-0.25, -0.2) is 4.79 Å². The maximum Gasteiger partial charge on any atom is 0.407 e. The van der Waals surface area contributed by atoms with Gasteiger partial charge in [-0.05, 0) is 17.9 Å². The van der Waals surface area contributed by atoms with E-state index in [-0.39, 0.29) is 12.6 Å². The van der Waals surface area contributed by atoms with Gasteiger partial charge in [0.25, 0.3) is 0 Å². The molecule has 1 unspecified atom stereocenters. The number of amides is 1. The van der Waals surface area contributed by atoms with E-state index < -0.39 is 12.2 Å². The van der Waals surface area contributed by atoms with Crippen LogP contribution in [-0.2, 0) is 11.3 Å². The molecule has 0 radical (unpaired) electrons. The molecule has 1 aliphatic rings. The van der Waals surface area contributed by atoms with Gasteiger partial charge in [0.15, 0.2) is 0 Å². The Kier molecular flexibility index (Phi) is 7.14. The SMILES string of the molecule is C=CC(O)[C@H](CC1CCCCC1)NC(=O)OCc1ccccc1. The summed E-state index contributed by atoms with van der Waals surface area (Å²) < 4.78 is 5.25. The molecular weight excluding hydrogens is 290 g/mol. The molecular formula is C19H27NO3. The summed E-state index contributed by atoms with van der Waals surface area (Å²) in [5.41, 5.74) is 0.941. The van der Waals surface area contributed by atoms with Crippen LogP contribution in [-0.4, -0.2) is 23.3 Å². The molecule has 4 heteroatoms. The van der Waals surface area contributed by atoms with Crippen molar-refractivity contribution in [1.29, 1.82) is 0 Å². The number of hydrogen-bond acceptors (Lipinski definition) is 3. The van der Waals surface area contributed by atoms with Crippen molar-refractivity contribution in [3.63, 3.8) is 0 Å². The van der Waals surface area contributed by atoms with Gasteiger partial charge < -0.3 is 15.2 Å². The normalized spacial score (nSPS) is 18.0. The van der Waals surface area contributed by atoms with Crippen molar-refractivity contribution in [2.45, 2.75) is 57.3 Å². The maximum absolute atomic E-state index is 12.0. The van der Waals surface area contributed by atoms with Crippen LogP contribution in [0.2, 0.25) is 0 Å². The second kappa shape index (κ2) is 9.36. The topological polar surface area (TPSA) is 58.6 Å². The molecule has 0 bridgehead atoms. The van der Waals surface area contributed by atoms with Gasteiger partial charge >= 0.3 is 6.09 Å². The first-order chi connectivity index (χ1) is 11.2. The molecule has 4 nitrogen and oxygen atoms in total. The molecule has 0 aromatic heterocycles. The fourth-order valence-corrected chi connectivity index (χ4v) is 3.15.